The molecule has 1 atom stereocenters. The topological polar surface area (TPSA) is 119 Å². The highest BCUT2D eigenvalue weighted by atomic mass is 35.5. The predicted molar refractivity (Wildman–Crippen MR) is 118 cm³/mol. The fourth-order valence-electron chi connectivity index (χ4n) is 4.13. The second-order valence-corrected chi connectivity index (χ2v) is 8.23. The van der Waals surface area contributed by atoms with Crippen LogP contribution in [0.4, 0.5) is 16.3 Å². The SMILES string of the molecule is N#CN1CCCC[C@H](NC(=O)N2CCN(c3cc(N)nc4cc(Cl)ccc34)CC2)C1=O. The number of hydrogen-bond acceptors (Lipinski definition) is 6. The van der Waals surface area contributed by atoms with Crippen LogP contribution in [0.1, 0.15) is 19.3 Å². The maximum Gasteiger partial charge on any atom is 0.318 e. The Labute approximate surface area is 185 Å². The number of piperazine rings is 1. The number of fused-ring (bicyclic) bond motifs is 1. The second-order valence-electron chi connectivity index (χ2n) is 7.79. The highest BCUT2D eigenvalue weighted by molar-refractivity contribution is 6.31. The number of benzene rings is 1. The van der Waals surface area contributed by atoms with E-state index < -0.39 is 6.04 Å². The second kappa shape index (κ2) is 8.86. The zero-order valence-corrected chi connectivity index (χ0v) is 17.8. The summed E-state index contributed by atoms with van der Waals surface area (Å²) in [4.78, 5) is 34.6. The third-order valence-corrected chi connectivity index (χ3v) is 6.02. The fraction of sp³-hybridized carbons (Fsp3) is 0.429. The van der Waals surface area contributed by atoms with Gasteiger partial charge in [-0.2, -0.15) is 5.26 Å². The molecule has 0 spiro atoms. The van der Waals surface area contributed by atoms with Crippen LogP contribution < -0.4 is 16.0 Å². The molecule has 0 aliphatic carbocycles. The molecule has 9 nitrogen and oxygen atoms in total. The van der Waals surface area contributed by atoms with Crippen LogP contribution in [0.2, 0.25) is 5.02 Å². The molecule has 2 fully saturated rings. The van der Waals surface area contributed by atoms with E-state index in [2.05, 4.69) is 15.2 Å². The minimum absolute atomic E-state index is 0.274. The zero-order valence-electron chi connectivity index (χ0n) is 17.1. The van der Waals surface area contributed by atoms with Crippen molar-refractivity contribution in [2.24, 2.45) is 0 Å². The van der Waals surface area contributed by atoms with E-state index in [-0.39, 0.29) is 11.9 Å². The first kappa shape index (κ1) is 21.0. The molecule has 2 aliphatic rings. The molecule has 0 bridgehead atoms. The summed E-state index contributed by atoms with van der Waals surface area (Å²) in [6.07, 6.45) is 4.02. The van der Waals surface area contributed by atoms with Gasteiger partial charge in [-0.25, -0.2) is 14.7 Å². The number of amides is 3. The molecule has 3 amide bonds. The molecule has 0 radical (unpaired) electrons. The third-order valence-electron chi connectivity index (χ3n) is 5.78. The van der Waals surface area contributed by atoms with Gasteiger partial charge in [-0.05, 0) is 37.5 Å². The van der Waals surface area contributed by atoms with Crippen LogP contribution in [0.25, 0.3) is 10.9 Å². The molecular weight excluding hydrogens is 418 g/mol. The van der Waals surface area contributed by atoms with Gasteiger partial charge in [0.25, 0.3) is 5.91 Å². The molecule has 1 aromatic carbocycles. The van der Waals surface area contributed by atoms with Gasteiger partial charge in [0.15, 0.2) is 6.19 Å². The van der Waals surface area contributed by atoms with E-state index >= 15 is 0 Å². The van der Waals surface area contributed by atoms with E-state index in [1.165, 1.54) is 0 Å². The first-order valence-electron chi connectivity index (χ1n) is 10.3. The zero-order chi connectivity index (χ0) is 22.0. The summed E-state index contributed by atoms with van der Waals surface area (Å²) in [5.74, 6) is 0.0863. The number of carbonyl (C=O) groups excluding carboxylic acids is 2. The van der Waals surface area contributed by atoms with Gasteiger partial charge >= 0.3 is 6.03 Å². The lowest BCUT2D eigenvalue weighted by Crippen LogP contribution is -2.55. The highest BCUT2D eigenvalue weighted by Gasteiger charge is 2.31. The van der Waals surface area contributed by atoms with Gasteiger partial charge in [0.1, 0.15) is 11.9 Å². The standard InChI is InChI=1S/C21H24ClN7O2/c22-14-4-5-15-17(11-14)25-19(24)12-18(15)27-7-9-28(10-8-27)21(31)26-16-3-1-2-6-29(13-23)20(16)30/h4-5,11-12,16H,1-3,6-10H2,(H2,24,25)(H,26,31)/t16-/m0/s1. The van der Waals surface area contributed by atoms with Gasteiger partial charge < -0.3 is 20.9 Å². The lowest BCUT2D eigenvalue weighted by Gasteiger charge is -2.37. The van der Waals surface area contributed by atoms with Crippen LogP contribution >= 0.6 is 11.6 Å². The van der Waals surface area contributed by atoms with Gasteiger partial charge in [-0.3, -0.25) is 4.79 Å². The number of rotatable bonds is 2. The highest BCUT2D eigenvalue weighted by Crippen LogP contribution is 2.30. The number of nitrogens with zero attached hydrogens (tertiary/aromatic N) is 5. The quantitative estimate of drug-likeness (QED) is 0.689. The fourth-order valence-corrected chi connectivity index (χ4v) is 4.30. The Kier molecular flexibility index (Phi) is 6.00. The Bertz CT molecular complexity index is 1040. The summed E-state index contributed by atoms with van der Waals surface area (Å²) >= 11 is 6.09. The number of aromatic nitrogens is 1. The summed E-state index contributed by atoms with van der Waals surface area (Å²) in [6.45, 7) is 2.67. The van der Waals surface area contributed by atoms with Gasteiger partial charge in [-0.1, -0.05) is 11.6 Å². The Morgan fingerprint density at radius 3 is 2.71 bits per heavy atom. The van der Waals surface area contributed by atoms with Gasteiger partial charge in [0.05, 0.1) is 5.52 Å². The van der Waals surface area contributed by atoms with Crippen molar-refractivity contribution in [1.29, 1.82) is 5.26 Å². The molecule has 3 heterocycles. The number of nitrogen functional groups attached to an aromatic ring is 1. The maximum atomic E-state index is 12.8. The number of nitrogens with one attached hydrogen (secondary N) is 1. The number of nitrogens with two attached hydrogens (primary N) is 1. The molecular formula is C21H24ClN7O2. The normalized spacial score (nSPS) is 19.8. The third kappa shape index (κ3) is 4.44. The molecule has 0 saturated carbocycles. The van der Waals surface area contributed by atoms with Crippen LogP contribution in [0, 0.1) is 11.5 Å². The molecule has 2 aromatic rings. The summed E-state index contributed by atoms with van der Waals surface area (Å²) in [7, 11) is 0. The summed E-state index contributed by atoms with van der Waals surface area (Å²) in [6, 6.07) is 6.45. The van der Waals surface area contributed by atoms with Crippen molar-refractivity contribution in [2.45, 2.75) is 25.3 Å². The molecule has 162 valence electrons. The van der Waals surface area contributed by atoms with E-state index in [1.54, 1.807) is 11.0 Å². The monoisotopic (exact) mass is 441 g/mol. The van der Waals surface area contributed by atoms with Crippen molar-refractivity contribution in [1.82, 2.24) is 20.1 Å². The van der Waals surface area contributed by atoms with E-state index in [1.807, 2.05) is 24.4 Å². The number of nitriles is 1. The van der Waals surface area contributed by atoms with E-state index in [0.29, 0.717) is 50.0 Å². The molecule has 0 unspecified atom stereocenters. The number of hydrogen-bond donors (Lipinski definition) is 2. The molecule has 2 saturated heterocycles. The minimum atomic E-state index is -0.652. The van der Waals surface area contributed by atoms with Crippen LogP contribution in [0.15, 0.2) is 24.3 Å². The van der Waals surface area contributed by atoms with Crippen LogP contribution in [0.5, 0.6) is 0 Å². The van der Waals surface area contributed by atoms with Gasteiger partial charge in [0, 0.05) is 54.9 Å². The van der Waals surface area contributed by atoms with Crippen LogP contribution in [-0.4, -0.2) is 65.5 Å². The number of anilines is 2. The number of carbonyl (C=O) groups is 2. The lowest BCUT2D eigenvalue weighted by molar-refractivity contribution is -0.129. The van der Waals surface area contributed by atoms with Crippen molar-refractivity contribution < 1.29 is 9.59 Å². The van der Waals surface area contributed by atoms with E-state index in [9.17, 15) is 9.59 Å². The smallest absolute Gasteiger partial charge is 0.318 e. The predicted octanol–water partition coefficient (Wildman–Crippen LogP) is 2.16. The van der Waals surface area contributed by atoms with Crippen molar-refractivity contribution in [3.8, 4) is 6.19 Å². The number of halogens is 1. The van der Waals surface area contributed by atoms with Crippen molar-refractivity contribution in [3.63, 3.8) is 0 Å². The summed E-state index contributed by atoms with van der Waals surface area (Å²) in [5, 5.41) is 13.5. The summed E-state index contributed by atoms with van der Waals surface area (Å²) < 4.78 is 0. The van der Waals surface area contributed by atoms with E-state index in [0.717, 1.165) is 34.3 Å². The number of likely N-dealkylation sites (tertiary alicyclic amines) is 1. The van der Waals surface area contributed by atoms with E-state index in [4.69, 9.17) is 22.6 Å². The summed E-state index contributed by atoms with van der Waals surface area (Å²) in [5.41, 5.74) is 7.69. The van der Waals surface area contributed by atoms with Gasteiger partial charge in [-0.15, -0.1) is 0 Å². The average molecular weight is 442 g/mol. The largest absolute Gasteiger partial charge is 0.384 e. The maximum absolute atomic E-state index is 12.8. The molecule has 4 rings (SSSR count). The van der Waals surface area contributed by atoms with Crippen molar-refractivity contribution >= 4 is 45.9 Å². The first-order chi connectivity index (χ1) is 15.0. The Morgan fingerprint density at radius 2 is 1.97 bits per heavy atom. The molecule has 2 aliphatic heterocycles. The van der Waals surface area contributed by atoms with Crippen LogP contribution in [0.3, 0.4) is 0 Å². The number of urea groups is 1. The number of pyridine rings is 1. The minimum Gasteiger partial charge on any atom is -0.384 e. The molecule has 1 aromatic heterocycles. The van der Waals surface area contributed by atoms with Crippen LogP contribution in [-0.2, 0) is 4.79 Å². The molecule has 10 heteroatoms. The van der Waals surface area contributed by atoms with Crippen molar-refractivity contribution in [3.05, 3.63) is 29.3 Å². The Morgan fingerprint density at radius 1 is 1.19 bits per heavy atom. The van der Waals surface area contributed by atoms with Crippen molar-refractivity contribution in [2.75, 3.05) is 43.4 Å². The molecule has 3 N–H and O–H groups in total. The molecule has 31 heavy (non-hydrogen) atoms. The average Bonchev–Trinajstić information content (AvgIpc) is 2.94. The lowest BCUT2D eigenvalue weighted by atomic mass is 10.1. The Hall–Kier alpha value is -3.25. The van der Waals surface area contributed by atoms with Gasteiger partial charge in [0.2, 0.25) is 0 Å². The first-order valence-corrected chi connectivity index (χ1v) is 10.7. The Balaban J connectivity index is 1.42.